The fourth-order valence-electron chi connectivity index (χ4n) is 3.24. The third-order valence-electron chi connectivity index (χ3n) is 4.88. The molecule has 1 aromatic heterocycles. The van der Waals surface area contributed by atoms with Crippen LogP contribution in [-0.4, -0.2) is 33.2 Å². The first kappa shape index (κ1) is 20.9. The zero-order valence-corrected chi connectivity index (χ0v) is 16.2. The number of carbonyl (C=O) groups excluding carboxylic acids is 1. The second kappa shape index (κ2) is 8.69. The summed E-state index contributed by atoms with van der Waals surface area (Å²) in [6.45, 7) is 1.73. The van der Waals surface area contributed by atoms with Gasteiger partial charge in [0.05, 0.1) is 0 Å². The van der Waals surface area contributed by atoms with Gasteiger partial charge in [0.15, 0.2) is 0 Å². The highest BCUT2D eigenvalue weighted by Crippen LogP contribution is 2.23. The molecule has 4 N–H and O–H groups in total. The Balaban J connectivity index is 1.69. The Morgan fingerprint density at radius 3 is 2.40 bits per heavy atom. The second-order valence-electron chi connectivity index (χ2n) is 7.00. The molecular formula is C22H21NO7. The number of phenolic OH excluding ortho intramolecular Hbond substituents is 2. The van der Waals surface area contributed by atoms with Crippen molar-refractivity contribution in [2.24, 2.45) is 0 Å². The van der Waals surface area contributed by atoms with Crippen LogP contribution in [0.15, 0.2) is 51.7 Å². The topological polar surface area (TPSA) is 137 Å². The maximum atomic E-state index is 12.3. The normalized spacial score (nSPS) is 11.9. The summed E-state index contributed by atoms with van der Waals surface area (Å²) in [5.41, 5.74) is 1.28. The van der Waals surface area contributed by atoms with Gasteiger partial charge in [-0.2, -0.15) is 0 Å². The number of carboxylic acid groups (broad SMARTS) is 1. The van der Waals surface area contributed by atoms with Gasteiger partial charge in [0.1, 0.15) is 23.1 Å². The van der Waals surface area contributed by atoms with Gasteiger partial charge in [-0.1, -0.05) is 12.1 Å². The van der Waals surface area contributed by atoms with Crippen molar-refractivity contribution in [3.05, 3.63) is 69.6 Å². The first-order valence-corrected chi connectivity index (χ1v) is 9.30. The number of benzene rings is 2. The molecular weight excluding hydrogens is 390 g/mol. The molecule has 1 atom stereocenters. The lowest BCUT2D eigenvalue weighted by Crippen LogP contribution is -2.42. The van der Waals surface area contributed by atoms with Gasteiger partial charge >= 0.3 is 11.6 Å². The summed E-state index contributed by atoms with van der Waals surface area (Å²) in [6, 6.07) is 9.37. The summed E-state index contributed by atoms with van der Waals surface area (Å²) < 4.78 is 5.23. The summed E-state index contributed by atoms with van der Waals surface area (Å²) in [4.78, 5) is 36.1. The Kier molecular flexibility index (Phi) is 6.06. The number of hydrogen-bond acceptors (Lipinski definition) is 6. The lowest BCUT2D eigenvalue weighted by atomic mass is 10.0. The summed E-state index contributed by atoms with van der Waals surface area (Å²) in [5, 5.41) is 31.4. The van der Waals surface area contributed by atoms with Gasteiger partial charge in [-0.15, -0.1) is 0 Å². The summed E-state index contributed by atoms with van der Waals surface area (Å²) >= 11 is 0. The molecule has 0 bridgehead atoms. The van der Waals surface area contributed by atoms with Crippen molar-refractivity contribution >= 4 is 22.8 Å². The molecule has 2 aromatic carbocycles. The number of aryl methyl sites for hydroxylation is 1. The third kappa shape index (κ3) is 4.78. The van der Waals surface area contributed by atoms with Crippen molar-refractivity contribution < 1.29 is 29.3 Å². The van der Waals surface area contributed by atoms with Crippen LogP contribution in [0.2, 0.25) is 0 Å². The molecule has 0 radical (unpaired) electrons. The second-order valence-corrected chi connectivity index (χ2v) is 7.00. The van der Waals surface area contributed by atoms with E-state index >= 15 is 0 Å². The van der Waals surface area contributed by atoms with Crippen LogP contribution in [0.3, 0.4) is 0 Å². The predicted octanol–water partition coefficient (Wildman–Crippen LogP) is 2.26. The number of carbonyl (C=O) groups is 2. The van der Waals surface area contributed by atoms with E-state index in [9.17, 15) is 29.7 Å². The van der Waals surface area contributed by atoms with E-state index in [-0.39, 0.29) is 36.3 Å². The molecule has 1 heterocycles. The standard InChI is InChI=1S/C22H21NO7/c1-12-16-7-6-15(25)11-19(16)30-22(29)17(12)8-9-20(26)23-18(21(27)28)10-13-2-4-14(24)5-3-13/h2-7,11,18,24-25H,8-10H2,1H3,(H,23,26)(H,27,28)/t18-/m1/s1. The minimum Gasteiger partial charge on any atom is -0.508 e. The summed E-state index contributed by atoms with van der Waals surface area (Å²) in [7, 11) is 0. The molecule has 0 aliphatic heterocycles. The molecule has 0 aliphatic rings. The average molecular weight is 411 g/mol. The van der Waals surface area contributed by atoms with Gasteiger partial charge in [-0.05, 0) is 48.7 Å². The van der Waals surface area contributed by atoms with E-state index in [1.54, 1.807) is 25.1 Å². The van der Waals surface area contributed by atoms with E-state index < -0.39 is 23.5 Å². The fourth-order valence-corrected chi connectivity index (χ4v) is 3.24. The van der Waals surface area contributed by atoms with Gasteiger partial charge in [0.25, 0.3) is 0 Å². The van der Waals surface area contributed by atoms with Gasteiger partial charge in [0, 0.05) is 29.9 Å². The van der Waals surface area contributed by atoms with Crippen LogP contribution in [-0.2, 0) is 22.4 Å². The molecule has 0 saturated carbocycles. The number of fused-ring (bicyclic) bond motifs is 1. The van der Waals surface area contributed by atoms with E-state index in [1.165, 1.54) is 24.3 Å². The van der Waals surface area contributed by atoms with E-state index in [0.717, 1.165) is 0 Å². The number of phenols is 2. The van der Waals surface area contributed by atoms with Gasteiger partial charge < -0.3 is 25.1 Å². The summed E-state index contributed by atoms with van der Waals surface area (Å²) in [5.74, 6) is -1.65. The molecule has 0 spiro atoms. The molecule has 0 saturated heterocycles. The van der Waals surface area contributed by atoms with Crippen LogP contribution in [0.25, 0.3) is 11.0 Å². The smallest absolute Gasteiger partial charge is 0.339 e. The number of nitrogens with one attached hydrogen (secondary N) is 1. The molecule has 8 heteroatoms. The van der Waals surface area contributed by atoms with Crippen LogP contribution in [0, 0.1) is 6.92 Å². The fraction of sp³-hybridized carbons (Fsp3) is 0.227. The highest BCUT2D eigenvalue weighted by molar-refractivity contribution is 5.85. The van der Waals surface area contributed by atoms with Crippen LogP contribution in [0.1, 0.15) is 23.1 Å². The van der Waals surface area contributed by atoms with Crippen molar-refractivity contribution in [1.29, 1.82) is 0 Å². The number of aliphatic carboxylic acids is 1. The first-order chi connectivity index (χ1) is 14.2. The quantitative estimate of drug-likeness (QED) is 0.438. The van der Waals surface area contributed by atoms with Crippen LogP contribution in [0.4, 0.5) is 0 Å². The number of aromatic hydroxyl groups is 2. The number of hydrogen-bond donors (Lipinski definition) is 4. The van der Waals surface area contributed by atoms with Crippen LogP contribution >= 0.6 is 0 Å². The first-order valence-electron chi connectivity index (χ1n) is 9.30. The molecule has 0 fully saturated rings. The largest absolute Gasteiger partial charge is 0.508 e. The molecule has 3 rings (SSSR count). The predicted molar refractivity (Wildman–Crippen MR) is 109 cm³/mol. The minimum atomic E-state index is -1.18. The Morgan fingerprint density at radius 2 is 1.73 bits per heavy atom. The van der Waals surface area contributed by atoms with Crippen molar-refractivity contribution in [3.63, 3.8) is 0 Å². The Hall–Kier alpha value is -3.81. The van der Waals surface area contributed by atoms with Crippen LogP contribution in [0.5, 0.6) is 11.5 Å². The number of carboxylic acids is 1. The SMILES string of the molecule is Cc1c(CCC(=O)N[C@H](Cc2ccc(O)cc2)C(=O)O)c(=O)oc2cc(O)ccc12. The zero-order chi connectivity index (χ0) is 21.8. The van der Waals surface area contributed by atoms with E-state index in [2.05, 4.69) is 5.32 Å². The average Bonchev–Trinajstić information content (AvgIpc) is 2.68. The molecule has 0 aliphatic carbocycles. The molecule has 0 unspecified atom stereocenters. The van der Waals surface area contributed by atoms with Crippen LogP contribution < -0.4 is 10.9 Å². The van der Waals surface area contributed by atoms with E-state index in [1.807, 2.05) is 0 Å². The Labute approximate surface area is 171 Å². The Morgan fingerprint density at radius 1 is 1.07 bits per heavy atom. The lowest BCUT2D eigenvalue weighted by molar-refractivity contribution is -0.141. The molecule has 1 amide bonds. The lowest BCUT2D eigenvalue weighted by Gasteiger charge is -2.15. The minimum absolute atomic E-state index is 0.0227. The maximum absolute atomic E-state index is 12.3. The van der Waals surface area contributed by atoms with Crippen molar-refractivity contribution in [1.82, 2.24) is 5.32 Å². The maximum Gasteiger partial charge on any atom is 0.339 e. The molecule has 3 aromatic rings. The van der Waals surface area contributed by atoms with Crippen molar-refractivity contribution in [2.75, 3.05) is 0 Å². The molecule has 8 nitrogen and oxygen atoms in total. The number of amides is 1. The highest BCUT2D eigenvalue weighted by Gasteiger charge is 2.21. The number of rotatable bonds is 7. The van der Waals surface area contributed by atoms with Gasteiger partial charge in [-0.25, -0.2) is 9.59 Å². The van der Waals surface area contributed by atoms with Gasteiger partial charge in [-0.3, -0.25) is 4.79 Å². The van der Waals surface area contributed by atoms with Crippen molar-refractivity contribution in [3.8, 4) is 11.5 Å². The molecule has 156 valence electrons. The van der Waals surface area contributed by atoms with E-state index in [0.29, 0.717) is 22.1 Å². The highest BCUT2D eigenvalue weighted by atomic mass is 16.4. The monoisotopic (exact) mass is 411 g/mol. The van der Waals surface area contributed by atoms with Gasteiger partial charge in [0.2, 0.25) is 5.91 Å². The Bertz CT molecular complexity index is 1150. The molecule has 30 heavy (non-hydrogen) atoms. The van der Waals surface area contributed by atoms with E-state index in [4.69, 9.17) is 4.42 Å². The summed E-state index contributed by atoms with van der Waals surface area (Å²) in [6.07, 6.45) is 0.0545. The van der Waals surface area contributed by atoms with Crippen molar-refractivity contribution in [2.45, 2.75) is 32.2 Å². The zero-order valence-electron chi connectivity index (χ0n) is 16.2. The third-order valence-corrected chi connectivity index (χ3v) is 4.88.